The number of nitrogens with one attached hydrogen (secondary N) is 1. The van der Waals surface area contributed by atoms with Crippen LogP contribution in [0.15, 0.2) is 29.2 Å². The molecule has 0 amide bonds. The van der Waals surface area contributed by atoms with Crippen molar-refractivity contribution in [1.82, 2.24) is 5.32 Å². The summed E-state index contributed by atoms with van der Waals surface area (Å²) in [5.74, 6) is 0. The van der Waals surface area contributed by atoms with Crippen LogP contribution in [-0.4, -0.2) is 27.2 Å². The number of sulfonamides is 1. The monoisotopic (exact) mass is 284 g/mol. The summed E-state index contributed by atoms with van der Waals surface area (Å²) in [5.41, 5.74) is 0.923. The third kappa shape index (κ3) is 4.01. The van der Waals surface area contributed by atoms with E-state index in [2.05, 4.69) is 5.32 Å². The van der Waals surface area contributed by atoms with Gasteiger partial charge in [-0.3, -0.25) is 0 Å². The Bertz CT molecular complexity index is 524. The molecule has 1 aromatic carbocycles. The summed E-state index contributed by atoms with van der Waals surface area (Å²) >= 11 is 0. The first-order valence-corrected chi connectivity index (χ1v) is 8.00. The van der Waals surface area contributed by atoms with Gasteiger partial charge in [0.15, 0.2) is 0 Å². The van der Waals surface area contributed by atoms with Crippen molar-refractivity contribution in [2.75, 3.05) is 6.61 Å². The molecule has 0 unspecified atom stereocenters. The molecular weight excluding hydrogens is 264 g/mol. The number of primary sulfonamides is 1. The third-order valence-electron chi connectivity index (χ3n) is 3.32. The van der Waals surface area contributed by atoms with E-state index in [-0.39, 0.29) is 4.90 Å². The molecule has 0 radical (unpaired) electrons. The van der Waals surface area contributed by atoms with E-state index >= 15 is 0 Å². The first-order chi connectivity index (χ1) is 8.99. The predicted molar refractivity (Wildman–Crippen MR) is 73.1 cm³/mol. The van der Waals surface area contributed by atoms with Crippen molar-refractivity contribution >= 4 is 10.0 Å². The Morgan fingerprint density at radius 3 is 2.79 bits per heavy atom. The minimum absolute atomic E-state index is 0.160. The van der Waals surface area contributed by atoms with Crippen LogP contribution in [0.25, 0.3) is 0 Å². The number of rotatable bonds is 6. The summed E-state index contributed by atoms with van der Waals surface area (Å²) in [7, 11) is -3.62. The highest BCUT2D eigenvalue weighted by Crippen LogP contribution is 2.23. The van der Waals surface area contributed by atoms with Gasteiger partial charge in [0.05, 0.1) is 11.0 Å². The van der Waals surface area contributed by atoms with Gasteiger partial charge in [0.2, 0.25) is 10.0 Å². The molecule has 1 aliphatic rings. The molecule has 3 N–H and O–H groups in total. The summed E-state index contributed by atoms with van der Waals surface area (Å²) in [6.07, 6.45) is 2.41. The number of ether oxygens (including phenoxy) is 1. The van der Waals surface area contributed by atoms with E-state index in [0.29, 0.717) is 18.7 Å². The largest absolute Gasteiger partial charge is 0.378 e. The zero-order valence-corrected chi connectivity index (χ0v) is 11.8. The Kier molecular flexibility index (Phi) is 4.57. The maximum absolute atomic E-state index is 11.2. The predicted octanol–water partition coefficient (Wildman–Crippen LogP) is 0.991. The molecule has 0 saturated heterocycles. The lowest BCUT2D eigenvalue weighted by atomic mass is 9.89. The van der Waals surface area contributed by atoms with Gasteiger partial charge in [0.1, 0.15) is 0 Å². The van der Waals surface area contributed by atoms with Crippen LogP contribution in [0, 0.1) is 0 Å². The van der Waals surface area contributed by atoms with E-state index in [1.165, 1.54) is 6.07 Å². The lowest BCUT2D eigenvalue weighted by Gasteiger charge is -2.35. The van der Waals surface area contributed by atoms with Gasteiger partial charge >= 0.3 is 0 Å². The second-order valence-corrected chi connectivity index (χ2v) is 6.38. The van der Waals surface area contributed by atoms with E-state index in [1.54, 1.807) is 12.1 Å². The van der Waals surface area contributed by atoms with E-state index in [4.69, 9.17) is 9.88 Å². The van der Waals surface area contributed by atoms with Crippen LogP contribution in [0.5, 0.6) is 0 Å². The van der Waals surface area contributed by atoms with E-state index < -0.39 is 10.0 Å². The van der Waals surface area contributed by atoms with Crippen LogP contribution in [0.1, 0.15) is 25.3 Å². The van der Waals surface area contributed by atoms with Crippen LogP contribution >= 0.6 is 0 Å². The van der Waals surface area contributed by atoms with Gasteiger partial charge in [-0.2, -0.15) is 0 Å². The minimum Gasteiger partial charge on any atom is -0.378 e. The van der Waals surface area contributed by atoms with Gasteiger partial charge in [-0.25, -0.2) is 13.6 Å². The first-order valence-electron chi connectivity index (χ1n) is 6.45. The maximum atomic E-state index is 11.2. The fourth-order valence-corrected chi connectivity index (χ4v) is 2.78. The number of benzene rings is 1. The molecule has 0 spiro atoms. The third-order valence-corrected chi connectivity index (χ3v) is 4.23. The average Bonchev–Trinajstić information content (AvgIpc) is 2.31. The van der Waals surface area contributed by atoms with Crippen molar-refractivity contribution in [2.24, 2.45) is 5.14 Å². The molecule has 0 aliphatic heterocycles. The summed E-state index contributed by atoms with van der Waals surface area (Å²) in [6, 6.07) is 7.17. The lowest BCUT2D eigenvalue weighted by Crippen LogP contribution is -2.45. The zero-order chi connectivity index (χ0) is 13.9. The minimum atomic E-state index is -3.62. The van der Waals surface area contributed by atoms with Crippen molar-refractivity contribution in [1.29, 1.82) is 0 Å². The lowest BCUT2D eigenvalue weighted by molar-refractivity contribution is -0.0102. The van der Waals surface area contributed by atoms with E-state index in [0.717, 1.165) is 25.0 Å². The van der Waals surface area contributed by atoms with Crippen molar-refractivity contribution in [3.63, 3.8) is 0 Å². The maximum Gasteiger partial charge on any atom is 0.238 e. The average molecular weight is 284 g/mol. The molecule has 2 rings (SSSR count). The molecule has 1 saturated carbocycles. The Labute approximate surface area is 114 Å². The highest BCUT2D eigenvalue weighted by atomic mass is 32.2. The molecule has 1 aliphatic carbocycles. The summed E-state index contributed by atoms with van der Waals surface area (Å²) < 4.78 is 28.0. The smallest absolute Gasteiger partial charge is 0.238 e. The highest BCUT2D eigenvalue weighted by Gasteiger charge is 2.28. The summed E-state index contributed by atoms with van der Waals surface area (Å²) in [6.45, 7) is 3.40. The van der Waals surface area contributed by atoms with Crippen molar-refractivity contribution in [3.8, 4) is 0 Å². The molecule has 6 heteroatoms. The van der Waals surface area contributed by atoms with Gasteiger partial charge in [-0.1, -0.05) is 12.1 Å². The van der Waals surface area contributed by atoms with Crippen molar-refractivity contribution in [3.05, 3.63) is 29.8 Å². The Morgan fingerprint density at radius 2 is 2.16 bits per heavy atom. The van der Waals surface area contributed by atoms with Crippen LogP contribution < -0.4 is 10.5 Å². The van der Waals surface area contributed by atoms with Crippen molar-refractivity contribution < 1.29 is 13.2 Å². The van der Waals surface area contributed by atoms with Gasteiger partial charge in [0.25, 0.3) is 0 Å². The molecule has 0 aromatic heterocycles. The van der Waals surface area contributed by atoms with Crippen LogP contribution in [0.4, 0.5) is 0 Å². The number of hydrogen-bond donors (Lipinski definition) is 2. The number of nitrogens with two attached hydrogens (primary N) is 1. The van der Waals surface area contributed by atoms with Crippen LogP contribution in [-0.2, 0) is 21.3 Å². The molecule has 1 fully saturated rings. The van der Waals surface area contributed by atoms with Crippen LogP contribution in [0.2, 0.25) is 0 Å². The number of hydrogen-bond acceptors (Lipinski definition) is 4. The molecule has 1 aromatic rings. The van der Waals surface area contributed by atoms with Crippen LogP contribution in [0.3, 0.4) is 0 Å². The highest BCUT2D eigenvalue weighted by molar-refractivity contribution is 7.89. The molecule has 0 bridgehead atoms. The van der Waals surface area contributed by atoms with Gasteiger partial charge in [-0.15, -0.1) is 0 Å². The van der Waals surface area contributed by atoms with E-state index in [9.17, 15) is 8.42 Å². The molecule has 0 heterocycles. The Morgan fingerprint density at radius 1 is 1.42 bits per heavy atom. The molecule has 5 nitrogen and oxygen atoms in total. The molecular formula is C13H20N2O3S. The molecule has 106 valence electrons. The summed E-state index contributed by atoms with van der Waals surface area (Å²) in [4.78, 5) is 0.160. The fraction of sp³-hybridized carbons (Fsp3) is 0.538. The molecule has 19 heavy (non-hydrogen) atoms. The van der Waals surface area contributed by atoms with Gasteiger partial charge in [-0.05, 0) is 37.5 Å². The topological polar surface area (TPSA) is 81.4 Å². The second kappa shape index (κ2) is 6.00. The normalized spacial score (nSPS) is 23.1. The SMILES string of the molecule is CCOC1CC(NCc2cccc(S(N)(=O)=O)c2)C1. The molecule has 0 atom stereocenters. The van der Waals surface area contributed by atoms with Gasteiger partial charge in [0, 0.05) is 19.2 Å². The quantitative estimate of drug-likeness (QED) is 0.816. The standard InChI is InChI=1S/C13H20N2O3S/c1-2-18-12-7-11(8-12)15-9-10-4-3-5-13(6-10)19(14,16)17/h3-6,11-12,15H,2,7-9H2,1H3,(H2,14,16,17). The summed E-state index contributed by atoms with van der Waals surface area (Å²) in [5, 5.41) is 8.49. The Balaban J connectivity index is 1.84. The second-order valence-electron chi connectivity index (χ2n) is 4.82. The Hall–Kier alpha value is -0.950. The zero-order valence-electron chi connectivity index (χ0n) is 11.0. The van der Waals surface area contributed by atoms with Gasteiger partial charge < -0.3 is 10.1 Å². The fourth-order valence-electron chi connectivity index (χ4n) is 2.20. The first kappa shape index (κ1) is 14.5. The van der Waals surface area contributed by atoms with Crippen molar-refractivity contribution in [2.45, 2.75) is 43.4 Å². The van der Waals surface area contributed by atoms with E-state index in [1.807, 2.05) is 13.0 Å².